The summed E-state index contributed by atoms with van der Waals surface area (Å²) in [4.78, 5) is 0.891. The molecular weight excluding hydrogens is 288 g/mol. The van der Waals surface area contributed by atoms with Crippen molar-refractivity contribution >= 4 is 33.1 Å². The predicted octanol–water partition coefficient (Wildman–Crippen LogP) is 1.77. The van der Waals surface area contributed by atoms with Gasteiger partial charge in [0.1, 0.15) is 4.21 Å². The summed E-state index contributed by atoms with van der Waals surface area (Å²) in [5, 5.41) is 0.419. The molecule has 0 bridgehead atoms. The number of thiophene rings is 1. The number of hydrogen-bond acceptors (Lipinski definition) is 5. The average Bonchev–Trinajstić information content (AvgIpc) is 2.87. The molecule has 0 aromatic carbocycles. The van der Waals surface area contributed by atoms with E-state index in [4.69, 9.17) is 5.73 Å². The minimum atomic E-state index is -3.35. The lowest BCUT2D eigenvalue weighted by atomic mass is 10.2. The standard InChI is InChI=1S/C11H18N2O2S3/c12-7-9-4-5-11(17-9)18(14,15)13-8-10-3-1-2-6-16-10/h4-5,10,13H,1-3,6-8,12H2. The normalized spacial score (nSPS) is 21.1. The molecule has 1 aromatic rings. The van der Waals surface area contributed by atoms with Crippen molar-refractivity contribution in [3.05, 3.63) is 17.0 Å². The van der Waals surface area contributed by atoms with Crippen LogP contribution >= 0.6 is 23.1 Å². The monoisotopic (exact) mass is 306 g/mol. The molecule has 2 rings (SSSR count). The Morgan fingerprint density at radius 3 is 2.83 bits per heavy atom. The molecule has 3 N–H and O–H groups in total. The maximum atomic E-state index is 12.1. The Hall–Kier alpha value is -0.0800. The molecule has 1 aliphatic rings. The Kier molecular flexibility index (Phi) is 5.08. The first-order valence-corrected chi connectivity index (χ1v) is 9.37. The van der Waals surface area contributed by atoms with E-state index in [1.807, 2.05) is 11.8 Å². The van der Waals surface area contributed by atoms with Gasteiger partial charge < -0.3 is 5.73 Å². The molecule has 1 saturated heterocycles. The summed E-state index contributed by atoms with van der Waals surface area (Å²) in [6.45, 7) is 0.918. The van der Waals surface area contributed by atoms with E-state index in [-0.39, 0.29) is 0 Å². The zero-order valence-electron chi connectivity index (χ0n) is 10.1. The van der Waals surface area contributed by atoms with Crippen molar-refractivity contribution in [2.45, 2.75) is 35.3 Å². The van der Waals surface area contributed by atoms with E-state index >= 15 is 0 Å². The van der Waals surface area contributed by atoms with Crippen molar-refractivity contribution in [2.24, 2.45) is 5.73 Å². The van der Waals surface area contributed by atoms with E-state index in [1.54, 1.807) is 12.1 Å². The summed E-state index contributed by atoms with van der Waals surface area (Å²) in [6.07, 6.45) is 3.56. The van der Waals surface area contributed by atoms with E-state index < -0.39 is 10.0 Å². The molecule has 0 amide bonds. The Balaban J connectivity index is 1.94. The van der Waals surface area contributed by atoms with E-state index in [9.17, 15) is 8.42 Å². The van der Waals surface area contributed by atoms with Crippen molar-refractivity contribution in [3.8, 4) is 0 Å². The SMILES string of the molecule is NCc1ccc(S(=O)(=O)NCC2CCCCS2)s1. The quantitative estimate of drug-likeness (QED) is 0.869. The minimum absolute atomic E-state index is 0.365. The van der Waals surface area contributed by atoms with Gasteiger partial charge in [-0.05, 0) is 30.7 Å². The highest BCUT2D eigenvalue weighted by Crippen LogP contribution is 2.25. The molecule has 0 spiro atoms. The Morgan fingerprint density at radius 2 is 2.22 bits per heavy atom. The molecule has 1 aliphatic heterocycles. The second kappa shape index (κ2) is 6.38. The van der Waals surface area contributed by atoms with Gasteiger partial charge in [0.2, 0.25) is 10.0 Å². The summed E-state index contributed by atoms with van der Waals surface area (Å²) in [5.41, 5.74) is 5.49. The fourth-order valence-corrected chi connectivity index (χ4v) is 5.56. The third-order valence-corrected chi connectivity index (χ3v) is 7.30. The molecular formula is C11H18N2O2S3. The maximum absolute atomic E-state index is 12.1. The molecule has 102 valence electrons. The van der Waals surface area contributed by atoms with Gasteiger partial charge in [0, 0.05) is 23.2 Å². The van der Waals surface area contributed by atoms with E-state index in [2.05, 4.69) is 4.72 Å². The van der Waals surface area contributed by atoms with Crippen LogP contribution in [0.2, 0.25) is 0 Å². The summed E-state index contributed by atoms with van der Waals surface area (Å²) in [5.74, 6) is 1.14. The third kappa shape index (κ3) is 3.71. The Labute approximate surface area is 116 Å². The second-order valence-electron chi connectivity index (χ2n) is 4.27. The topological polar surface area (TPSA) is 72.2 Å². The van der Waals surface area contributed by atoms with Crippen LogP contribution in [0.1, 0.15) is 24.1 Å². The smallest absolute Gasteiger partial charge is 0.250 e. The zero-order chi connectivity index (χ0) is 13.0. The van der Waals surface area contributed by atoms with Gasteiger partial charge in [-0.25, -0.2) is 13.1 Å². The molecule has 0 aliphatic carbocycles. The van der Waals surface area contributed by atoms with E-state index in [0.717, 1.165) is 17.1 Å². The molecule has 18 heavy (non-hydrogen) atoms. The van der Waals surface area contributed by atoms with Crippen LogP contribution in [-0.2, 0) is 16.6 Å². The Morgan fingerprint density at radius 1 is 1.39 bits per heavy atom. The van der Waals surface area contributed by atoms with Crippen LogP contribution in [0.4, 0.5) is 0 Å². The van der Waals surface area contributed by atoms with Gasteiger partial charge in [-0.15, -0.1) is 11.3 Å². The molecule has 2 heterocycles. The lowest BCUT2D eigenvalue weighted by Gasteiger charge is -2.21. The predicted molar refractivity (Wildman–Crippen MR) is 77.5 cm³/mol. The fourth-order valence-electron chi connectivity index (χ4n) is 1.85. The van der Waals surface area contributed by atoms with Gasteiger partial charge >= 0.3 is 0 Å². The van der Waals surface area contributed by atoms with Crippen molar-refractivity contribution in [2.75, 3.05) is 12.3 Å². The lowest BCUT2D eigenvalue weighted by Crippen LogP contribution is -2.31. The van der Waals surface area contributed by atoms with Crippen molar-refractivity contribution < 1.29 is 8.42 Å². The van der Waals surface area contributed by atoms with Crippen LogP contribution in [0.3, 0.4) is 0 Å². The number of rotatable bonds is 5. The zero-order valence-corrected chi connectivity index (χ0v) is 12.5. The molecule has 1 unspecified atom stereocenters. The first kappa shape index (κ1) is 14.3. The van der Waals surface area contributed by atoms with Gasteiger partial charge in [-0.2, -0.15) is 11.8 Å². The number of hydrogen-bond donors (Lipinski definition) is 2. The summed E-state index contributed by atoms with van der Waals surface area (Å²) in [7, 11) is -3.35. The van der Waals surface area contributed by atoms with Crippen LogP contribution in [0.25, 0.3) is 0 Å². The molecule has 1 aromatic heterocycles. The summed E-state index contributed by atoms with van der Waals surface area (Å²) < 4.78 is 27.2. The average molecular weight is 306 g/mol. The first-order valence-electron chi connectivity index (χ1n) is 6.02. The first-order chi connectivity index (χ1) is 8.62. The number of thioether (sulfide) groups is 1. The van der Waals surface area contributed by atoms with Crippen LogP contribution in [0.15, 0.2) is 16.3 Å². The molecule has 7 heteroatoms. The second-order valence-corrected chi connectivity index (χ2v) is 8.84. The highest BCUT2D eigenvalue weighted by Gasteiger charge is 2.20. The maximum Gasteiger partial charge on any atom is 0.250 e. The summed E-state index contributed by atoms with van der Waals surface area (Å²) >= 11 is 3.11. The van der Waals surface area contributed by atoms with Crippen molar-refractivity contribution in [1.29, 1.82) is 0 Å². The van der Waals surface area contributed by atoms with Gasteiger partial charge in [0.05, 0.1) is 0 Å². The van der Waals surface area contributed by atoms with Gasteiger partial charge in [0.25, 0.3) is 0 Å². The minimum Gasteiger partial charge on any atom is -0.326 e. The Bertz CT molecular complexity index is 478. The van der Waals surface area contributed by atoms with Crippen LogP contribution in [-0.4, -0.2) is 26.0 Å². The summed E-state index contributed by atoms with van der Waals surface area (Å²) in [6, 6.07) is 3.40. The number of nitrogens with two attached hydrogens (primary N) is 1. The number of nitrogens with one attached hydrogen (secondary N) is 1. The number of sulfonamides is 1. The van der Waals surface area contributed by atoms with E-state index in [0.29, 0.717) is 22.5 Å². The van der Waals surface area contributed by atoms with Crippen LogP contribution < -0.4 is 10.5 Å². The molecule has 1 fully saturated rings. The van der Waals surface area contributed by atoms with Crippen molar-refractivity contribution in [3.63, 3.8) is 0 Å². The highest BCUT2D eigenvalue weighted by atomic mass is 32.2. The van der Waals surface area contributed by atoms with Gasteiger partial charge in [-0.3, -0.25) is 0 Å². The van der Waals surface area contributed by atoms with Crippen LogP contribution in [0.5, 0.6) is 0 Å². The van der Waals surface area contributed by atoms with Gasteiger partial charge in [0.15, 0.2) is 0 Å². The highest BCUT2D eigenvalue weighted by molar-refractivity contribution is 8.00. The molecule has 0 saturated carbocycles. The third-order valence-electron chi connectivity index (χ3n) is 2.88. The van der Waals surface area contributed by atoms with E-state index in [1.165, 1.54) is 24.2 Å². The fraction of sp³-hybridized carbons (Fsp3) is 0.636. The molecule has 0 radical (unpaired) electrons. The molecule has 1 atom stereocenters. The largest absolute Gasteiger partial charge is 0.326 e. The lowest BCUT2D eigenvalue weighted by molar-refractivity contribution is 0.576. The van der Waals surface area contributed by atoms with Gasteiger partial charge in [-0.1, -0.05) is 6.42 Å². The molecule has 4 nitrogen and oxygen atoms in total. The van der Waals surface area contributed by atoms with Crippen LogP contribution in [0, 0.1) is 0 Å². The van der Waals surface area contributed by atoms with Crippen molar-refractivity contribution in [1.82, 2.24) is 4.72 Å².